The summed E-state index contributed by atoms with van der Waals surface area (Å²) in [6, 6.07) is 19.0. The molecule has 0 bridgehead atoms. The molecular weight excluding hydrogens is 482 g/mol. The number of methoxy groups -OCH3 is 1. The van der Waals surface area contributed by atoms with E-state index in [1.807, 2.05) is 0 Å². The van der Waals surface area contributed by atoms with Crippen LogP contribution in [0.5, 0.6) is 11.5 Å². The third-order valence-electron chi connectivity index (χ3n) is 6.10. The molecule has 3 amide bonds. The smallest absolute Gasteiger partial charge is 0.255 e. The molecule has 3 aromatic rings. The summed E-state index contributed by atoms with van der Waals surface area (Å²) in [5, 5.41) is 18.2. The Morgan fingerprint density at radius 2 is 1.58 bits per heavy atom. The van der Waals surface area contributed by atoms with E-state index < -0.39 is 11.9 Å². The molecule has 3 rings (SSSR count). The number of rotatable bonds is 13. The van der Waals surface area contributed by atoms with Crippen molar-refractivity contribution in [1.29, 1.82) is 0 Å². The first-order valence-corrected chi connectivity index (χ1v) is 12.8. The number of hydrogen-bond donors (Lipinski definition) is 4. The van der Waals surface area contributed by atoms with E-state index in [1.54, 1.807) is 79.9 Å². The van der Waals surface area contributed by atoms with Crippen LogP contribution in [-0.4, -0.2) is 42.5 Å². The summed E-state index contributed by atoms with van der Waals surface area (Å²) < 4.78 is 5.13. The normalized spacial score (nSPS) is 11.3. The number of para-hydroxylation sites is 1. The number of benzene rings is 3. The van der Waals surface area contributed by atoms with Gasteiger partial charge in [0.15, 0.2) is 0 Å². The number of phenols is 1. The Labute approximate surface area is 223 Å². The van der Waals surface area contributed by atoms with Crippen molar-refractivity contribution in [1.82, 2.24) is 10.6 Å². The SMILES string of the molecule is CCCCCCNC(=O)C(Cc1ccc(O)cc1)NC(=O)c1ccccc1NC(=O)c1ccc(OC)cc1. The van der Waals surface area contributed by atoms with Gasteiger partial charge in [-0.2, -0.15) is 0 Å². The first-order valence-electron chi connectivity index (χ1n) is 12.8. The maximum absolute atomic E-state index is 13.3. The number of carbonyl (C=O) groups excluding carboxylic acids is 3. The van der Waals surface area contributed by atoms with E-state index in [2.05, 4.69) is 22.9 Å². The van der Waals surface area contributed by atoms with E-state index in [1.165, 1.54) is 0 Å². The lowest BCUT2D eigenvalue weighted by atomic mass is 10.0. The molecule has 200 valence electrons. The number of nitrogens with one attached hydrogen (secondary N) is 3. The van der Waals surface area contributed by atoms with Gasteiger partial charge in [0, 0.05) is 18.5 Å². The molecule has 0 saturated carbocycles. The first kappa shape index (κ1) is 28.2. The van der Waals surface area contributed by atoms with Crippen LogP contribution in [0.2, 0.25) is 0 Å². The number of hydrogen-bond acceptors (Lipinski definition) is 5. The van der Waals surface area contributed by atoms with Crippen molar-refractivity contribution in [2.24, 2.45) is 0 Å². The first-order chi connectivity index (χ1) is 18.4. The molecule has 0 aliphatic heterocycles. The lowest BCUT2D eigenvalue weighted by Crippen LogP contribution is -2.48. The van der Waals surface area contributed by atoms with Gasteiger partial charge in [0.25, 0.3) is 11.8 Å². The van der Waals surface area contributed by atoms with Gasteiger partial charge in [0.1, 0.15) is 17.5 Å². The monoisotopic (exact) mass is 517 g/mol. The molecule has 0 aliphatic carbocycles. The van der Waals surface area contributed by atoms with Crippen LogP contribution in [0.25, 0.3) is 0 Å². The Morgan fingerprint density at radius 1 is 0.868 bits per heavy atom. The quantitative estimate of drug-likeness (QED) is 0.246. The van der Waals surface area contributed by atoms with Gasteiger partial charge >= 0.3 is 0 Å². The Hall–Kier alpha value is -4.33. The lowest BCUT2D eigenvalue weighted by Gasteiger charge is -2.20. The minimum absolute atomic E-state index is 0.122. The van der Waals surface area contributed by atoms with Crippen molar-refractivity contribution in [3.63, 3.8) is 0 Å². The molecule has 38 heavy (non-hydrogen) atoms. The van der Waals surface area contributed by atoms with Crippen LogP contribution >= 0.6 is 0 Å². The number of carbonyl (C=O) groups is 3. The third kappa shape index (κ3) is 8.37. The molecule has 0 aliphatic rings. The minimum atomic E-state index is -0.844. The molecule has 0 aromatic heterocycles. The second-order valence-corrected chi connectivity index (χ2v) is 8.98. The van der Waals surface area contributed by atoms with Crippen molar-refractivity contribution in [2.45, 2.75) is 45.1 Å². The Morgan fingerprint density at radius 3 is 2.26 bits per heavy atom. The lowest BCUT2D eigenvalue weighted by molar-refractivity contribution is -0.122. The van der Waals surface area contributed by atoms with Crippen molar-refractivity contribution in [3.8, 4) is 11.5 Å². The Bertz CT molecular complexity index is 1210. The second-order valence-electron chi connectivity index (χ2n) is 8.98. The zero-order chi connectivity index (χ0) is 27.3. The van der Waals surface area contributed by atoms with Crippen molar-refractivity contribution < 1.29 is 24.2 Å². The maximum Gasteiger partial charge on any atom is 0.255 e. The standard InChI is InChI=1S/C30H35N3O5/c1-3-4-5-8-19-31-30(37)27(20-21-11-15-23(34)16-12-21)33-29(36)25-9-6-7-10-26(25)32-28(35)22-13-17-24(38-2)18-14-22/h6-7,9-18,27,34H,3-5,8,19-20H2,1-2H3,(H,31,37)(H,32,35)(H,33,36). The fourth-order valence-electron chi connectivity index (χ4n) is 3.93. The van der Waals surface area contributed by atoms with Crippen LogP contribution in [0.3, 0.4) is 0 Å². The number of unbranched alkanes of at least 4 members (excludes halogenated alkanes) is 3. The fraction of sp³-hybridized carbons (Fsp3) is 0.300. The highest BCUT2D eigenvalue weighted by atomic mass is 16.5. The molecule has 0 spiro atoms. The van der Waals surface area contributed by atoms with Crippen LogP contribution in [0, 0.1) is 0 Å². The van der Waals surface area contributed by atoms with E-state index in [0.29, 0.717) is 23.5 Å². The number of ether oxygens (including phenoxy) is 1. The van der Waals surface area contributed by atoms with Gasteiger partial charge in [0.05, 0.1) is 18.4 Å². The van der Waals surface area contributed by atoms with Gasteiger partial charge in [0.2, 0.25) is 5.91 Å². The summed E-state index contributed by atoms with van der Waals surface area (Å²) in [5.74, 6) is -0.400. The molecular formula is C30H35N3O5. The van der Waals surface area contributed by atoms with Gasteiger partial charge in [-0.15, -0.1) is 0 Å². The fourth-order valence-corrected chi connectivity index (χ4v) is 3.93. The second kappa shape index (κ2) is 14.4. The summed E-state index contributed by atoms with van der Waals surface area (Å²) in [7, 11) is 1.55. The molecule has 0 heterocycles. The van der Waals surface area contributed by atoms with E-state index >= 15 is 0 Å². The number of phenolic OH excluding ortho intramolecular Hbond substituents is 1. The van der Waals surface area contributed by atoms with Crippen LogP contribution in [0.15, 0.2) is 72.8 Å². The van der Waals surface area contributed by atoms with Gasteiger partial charge in [-0.05, 0) is 60.5 Å². The van der Waals surface area contributed by atoms with Crippen LogP contribution in [0.4, 0.5) is 5.69 Å². The average Bonchev–Trinajstić information content (AvgIpc) is 2.93. The van der Waals surface area contributed by atoms with E-state index in [9.17, 15) is 19.5 Å². The topological polar surface area (TPSA) is 117 Å². The van der Waals surface area contributed by atoms with Crippen LogP contribution in [0.1, 0.15) is 58.9 Å². The summed E-state index contributed by atoms with van der Waals surface area (Å²) in [4.78, 5) is 39.2. The molecule has 0 radical (unpaired) electrons. The predicted molar refractivity (Wildman–Crippen MR) is 148 cm³/mol. The molecule has 1 atom stereocenters. The van der Waals surface area contributed by atoms with Crippen LogP contribution < -0.4 is 20.7 Å². The highest BCUT2D eigenvalue weighted by molar-refractivity contribution is 6.09. The molecule has 0 fully saturated rings. The van der Waals surface area contributed by atoms with Crippen molar-refractivity contribution in [3.05, 3.63) is 89.5 Å². The zero-order valence-corrected chi connectivity index (χ0v) is 21.8. The number of aromatic hydroxyl groups is 1. The summed E-state index contributed by atoms with van der Waals surface area (Å²) in [6.07, 6.45) is 4.32. The highest BCUT2D eigenvalue weighted by Crippen LogP contribution is 2.19. The van der Waals surface area contributed by atoms with Gasteiger partial charge in [-0.3, -0.25) is 14.4 Å². The Balaban J connectivity index is 1.74. The Kier molecular flexibility index (Phi) is 10.7. The minimum Gasteiger partial charge on any atom is -0.508 e. The summed E-state index contributed by atoms with van der Waals surface area (Å²) in [6.45, 7) is 2.65. The molecule has 4 N–H and O–H groups in total. The van der Waals surface area contributed by atoms with Crippen molar-refractivity contribution in [2.75, 3.05) is 19.0 Å². The van der Waals surface area contributed by atoms with Gasteiger partial charge < -0.3 is 25.8 Å². The van der Waals surface area contributed by atoms with E-state index in [-0.39, 0.29) is 29.5 Å². The van der Waals surface area contributed by atoms with Gasteiger partial charge in [-0.25, -0.2) is 0 Å². The molecule has 0 saturated heterocycles. The molecule has 1 unspecified atom stereocenters. The molecule has 8 nitrogen and oxygen atoms in total. The molecule has 3 aromatic carbocycles. The van der Waals surface area contributed by atoms with Gasteiger partial charge in [-0.1, -0.05) is 50.5 Å². The van der Waals surface area contributed by atoms with E-state index in [4.69, 9.17) is 4.74 Å². The molecule has 8 heteroatoms. The predicted octanol–water partition coefficient (Wildman–Crippen LogP) is 4.69. The third-order valence-corrected chi connectivity index (χ3v) is 6.10. The zero-order valence-electron chi connectivity index (χ0n) is 21.8. The maximum atomic E-state index is 13.3. The largest absolute Gasteiger partial charge is 0.508 e. The number of anilines is 1. The highest BCUT2D eigenvalue weighted by Gasteiger charge is 2.23. The van der Waals surface area contributed by atoms with E-state index in [0.717, 1.165) is 31.2 Å². The average molecular weight is 518 g/mol. The summed E-state index contributed by atoms with van der Waals surface area (Å²) in [5.41, 5.74) is 1.76. The van der Waals surface area contributed by atoms with Crippen molar-refractivity contribution >= 4 is 23.4 Å². The summed E-state index contributed by atoms with van der Waals surface area (Å²) >= 11 is 0. The van der Waals surface area contributed by atoms with Crippen LogP contribution in [-0.2, 0) is 11.2 Å². The number of amides is 3.